The highest BCUT2D eigenvalue weighted by molar-refractivity contribution is 5.81. The van der Waals surface area contributed by atoms with Crippen LogP contribution in [0.5, 0.6) is 0 Å². The molecule has 4 nitrogen and oxygen atoms in total. The number of benzene rings is 2. The van der Waals surface area contributed by atoms with Crippen molar-refractivity contribution in [3.05, 3.63) is 65.7 Å². The molecule has 1 amide bonds. The van der Waals surface area contributed by atoms with Crippen LogP contribution in [0.4, 0.5) is 4.39 Å². The molecular formula is C23H26FN3O. The molecule has 146 valence electrons. The first-order valence-electron chi connectivity index (χ1n) is 9.98. The van der Waals surface area contributed by atoms with Crippen molar-refractivity contribution >= 4 is 16.9 Å². The van der Waals surface area contributed by atoms with Gasteiger partial charge in [0.25, 0.3) is 0 Å². The Kier molecular flexibility index (Phi) is 5.16. The van der Waals surface area contributed by atoms with E-state index in [0.29, 0.717) is 25.4 Å². The fourth-order valence-corrected chi connectivity index (χ4v) is 3.94. The van der Waals surface area contributed by atoms with Crippen molar-refractivity contribution in [1.29, 1.82) is 0 Å². The number of aromatic nitrogens is 2. The third kappa shape index (κ3) is 3.79. The van der Waals surface area contributed by atoms with Gasteiger partial charge in [-0.1, -0.05) is 38.1 Å². The molecule has 1 aliphatic heterocycles. The van der Waals surface area contributed by atoms with E-state index in [4.69, 9.17) is 4.98 Å². The number of imidazole rings is 1. The van der Waals surface area contributed by atoms with Gasteiger partial charge in [0.05, 0.1) is 11.0 Å². The molecule has 28 heavy (non-hydrogen) atoms. The third-order valence-electron chi connectivity index (χ3n) is 5.48. The predicted molar refractivity (Wildman–Crippen MR) is 108 cm³/mol. The maximum Gasteiger partial charge on any atom is 0.223 e. The number of fused-ring (bicyclic) bond motifs is 1. The molecule has 5 heteroatoms. The topological polar surface area (TPSA) is 38.1 Å². The van der Waals surface area contributed by atoms with Crippen LogP contribution in [0, 0.1) is 11.7 Å². The first-order chi connectivity index (χ1) is 13.5. The first-order valence-corrected chi connectivity index (χ1v) is 9.98. The van der Waals surface area contributed by atoms with Gasteiger partial charge in [0.2, 0.25) is 5.91 Å². The first kappa shape index (κ1) is 18.7. The summed E-state index contributed by atoms with van der Waals surface area (Å²) >= 11 is 0. The van der Waals surface area contributed by atoms with Gasteiger partial charge in [0.1, 0.15) is 11.6 Å². The lowest BCUT2D eigenvalue weighted by Crippen LogP contribution is -2.24. The molecule has 4 rings (SSSR count). The van der Waals surface area contributed by atoms with Crippen LogP contribution >= 0.6 is 0 Å². The Morgan fingerprint density at radius 2 is 1.89 bits per heavy atom. The summed E-state index contributed by atoms with van der Waals surface area (Å²) in [5.74, 6) is 1.59. The van der Waals surface area contributed by atoms with Crippen LogP contribution in [0.15, 0.2) is 48.5 Å². The van der Waals surface area contributed by atoms with E-state index in [1.807, 2.05) is 23.1 Å². The Labute approximate surface area is 165 Å². The molecule has 0 radical (unpaired) electrons. The molecule has 0 bridgehead atoms. The second kappa shape index (κ2) is 7.74. The van der Waals surface area contributed by atoms with Crippen molar-refractivity contribution in [3.63, 3.8) is 0 Å². The van der Waals surface area contributed by atoms with Gasteiger partial charge < -0.3 is 9.47 Å². The van der Waals surface area contributed by atoms with E-state index in [-0.39, 0.29) is 17.6 Å². The van der Waals surface area contributed by atoms with E-state index < -0.39 is 0 Å². The second-order valence-electron chi connectivity index (χ2n) is 8.09. The average molecular weight is 379 g/mol. The maximum absolute atomic E-state index is 13.1. The number of para-hydroxylation sites is 2. The van der Waals surface area contributed by atoms with E-state index in [9.17, 15) is 9.18 Å². The number of hydrogen-bond acceptors (Lipinski definition) is 2. The molecule has 0 saturated carbocycles. The predicted octanol–water partition coefficient (Wildman–Crippen LogP) is 4.74. The Morgan fingerprint density at radius 1 is 1.14 bits per heavy atom. The summed E-state index contributed by atoms with van der Waals surface area (Å²) in [6.07, 6.45) is 1.56. The Balaban J connectivity index is 1.58. The number of likely N-dealkylation sites (tertiary alicyclic amines) is 1. The summed E-state index contributed by atoms with van der Waals surface area (Å²) < 4.78 is 15.4. The zero-order chi connectivity index (χ0) is 19.7. The Bertz CT molecular complexity index is 977. The van der Waals surface area contributed by atoms with Crippen LogP contribution in [0.1, 0.15) is 44.0 Å². The number of carbonyl (C=O) groups is 1. The third-order valence-corrected chi connectivity index (χ3v) is 5.48. The van der Waals surface area contributed by atoms with Gasteiger partial charge in [-0.3, -0.25) is 4.79 Å². The van der Waals surface area contributed by atoms with E-state index >= 15 is 0 Å². The van der Waals surface area contributed by atoms with Gasteiger partial charge in [-0.25, -0.2) is 9.37 Å². The highest BCUT2D eigenvalue weighted by Crippen LogP contribution is 2.31. The lowest BCUT2D eigenvalue weighted by molar-refractivity contribution is -0.128. The van der Waals surface area contributed by atoms with E-state index in [1.54, 1.807) is 12.1 Å². The Hall–Kier alpha value is -2.69. The lowest BCUT2D eigenvalue weighted by Gasteiger charge is -2.18. The number of halogens is 1. The van der Waals surface area contributed by atoms with E-state index in [1.165, 1.54) is 12.1 Å². The zero-order valence-electron chi connectivity index (χ0n) is 16.4. The van der Waals surface area contributed by atoms with Crippen molar-refractivity contribution in [2.45, 2.75) is 45.7 Å². The van der Waals surface area contributed by atoms with Gasteiger partial charge in [0.15, 0.2) is 0 Å². The van der Waals surface area contributed by atoms with Crippen LogP contribution in [0.25, 0.3) is 11.0 Å². The van der Waals surface area contributed by atoms with E-state index in [2.05, 4.69) is 24.5 Å². The van der Waals surface area contributed by atoms with Crippen molar-refractivity contribution in [2.24, 2.45) is 5.92 Å². The van der Waals surface area contributed by atoms with Crippen LogP contribution in [-0.2, 0) is 17.9 Å². The van der Waals surface area contributed by atoms with Gasteiger partial charge >= 0.3 is 0 Å². The minimum Gasteiger partial charge on any atom is -0.338 e. The number of amides is 1. The number of hydrogen-bond donors (Lipinski definition) is 0. The van der Waals surface area contributed by atoms with Crippen LogP contribution < -0.4 is 0 Å². The van der Waals surface area contributed by atoms with Crippen LogP contribution in [-0.4, -0.2) is 26.9 Å². The molecule has 0 aliphatic carbocycles. The Morgan fingerprint density at radius 3 is 2.64 bits per heavy atom. The highest BCUT2D eigenvalue weighted by Gasteiger charge is 2.33. The fraction of sp³-hybridized carbons (Fsp3) is 0.391. The number of carbonyl (C=O) groups excluding carboxylic acids is 1. The highest BCUT2D eigenvalue weighted by atomic mass is 19.1. The van der Waals surface area contributed by atoms with Crippen LogP contribution in [0.2, 0.25) is 0 Å². The number of aryl methyl sites for hydroxylation is 1. The number of nitrogens with zero attached hydrogens (tertiary/aromatic N) is 3. The average Bonchev–Trinajstić information content (AvgIpc) is 3.22. The summed E-state index contributed by atoms with van der Waals surface area (Å²) in [5.41, 5.74) is 3.08. The largest absolute Gasteiger partial charge is 0.338 e. The van der Waals surface area contributed by atoms with E-state index in [0.717, 1.165) is 35.4 Å². The van der Waals surface area contributed by atoms with Gasteiger partial charge in [-0.15, -0.1) is 0 Å². The second-order valence-corrected chi connectivity index (χ2v) is 8.09. The minimum atomic E-state index is -0.256. The molecule has 0 N–H and O–H groups in total. The molecule has 1 aliphatic rings. The quantitative estimate of drug-likeness (QED) is 0.621. The molecule has 2 heterocycles. The monoisotopic (exact) mass is 379 g/mol. The normalized spacial score (nSPS) is 17.2. The fourth-order valence-electron chi connectivity index (χ4n) is 3.94. The lowest BCUT2D eigenvalue weighted by atomic mass is 10.1. The van der Waals surface area contributed by atoms with Crippen molar-refractivity contribution < 1.29 is 9.18 Å². The van der Waals surface area contributed by atoms with Crippen LogP contribution in [0.3, 0.4) is 0 Å². The molecule has 1 atom stereocenters. The molecule has 3 aromatic rings. The molecule has 1 aromatic heterocycles. The van der Waals surface area contributed by atoms with Crippen molar-refractivity contribution in [3.8, 4) is 0 Å². The summed E-state index contributed by atoms with van der Waals surface area (Å²) in [5, 5.41) is 0. The number of rotatable bonds is 6. The van der Waals surface area contributed by atoms with Gasteiger partial charge in [-0.2, -0.15) is 0 Å². The standard InChI is InChI=1S/C23H26FN3O/c1-16(2)11-12-27-21-6-4-3-5-20(21)25-23(27)18-13-22(28)26(15-18)14-17-7-9-19(24)10-8-17/h3-10,16,18H,11-15H2,1-2H3. The van der Waals surface area contributed by atoms with Crippen molar-refractivity contribution in [1.82, 2.24) is 14.5 Å². The smallest absolute Gasteiger partial charge is 0.223 e. The van der Waals surface area contributed by atoms with Gasteiger partial charge in [-0.05, 0) is 42.2 Å². The SMILES string of the molecule is CC(C)CCn1c(C2CC(=O)N(Cc3ccc(F)cc3)C2)nc2ccccc21. The van der Waals surface area contributed by atoms with Gasteiger partial charge in [0, 0.05) is 32.0 Å². The maximum atomic E-state index is 13.1. The zero-order valence-corrected chi connectivity index (χ0v) is 16.4. The summed E-state index contributed by atoms with van der Waals surface area (Å²) in [6, 6.07) is 14.6. The molecular weight excluding hydrogens is 353 g/mol. The summed E-state index contributed by atoms with van der Waals surface area (Å²) in [6.45, 7) is 6.53. The molecule has 1 saturated heterocycles. The molecule has 1 unspecified atom stereocenters. The molecule has 1 fully saturated rings. The summed E-state index contributed by atoms with van der Waals surface area (Å²) in [4.78, 5) is 19.4. The molecule has 2 aromatic carbocycles. The minimum absolute atomic E-state index is 0.0903. The van der Waals surface area contributed by atoms with Crippen molar-refractivity contribution in [2.75, 3.05) is 6.54 Å². The molecule has 0 spiro atoms. The summed E-state index contributed by atoms with van der Waals surface area (Å²) in [7, 11) is 0.